The quantitative estimate of drug-likeness (QED) is 0.910. The van der Waals surface area contributed by atoms with Crippen LogP contribution in [-0.4, -0.2) is 26.7 Å². The second-order valence-corrected chi connectivity index (χ2v) is 6.39. The highest BCUT2D eigenvalue weighted by molar-refractivity contribution is 5.94. The molecule has 1 saturated carbocycles. The van der Waals surface area contributed by atoms with Crippen LogP contribution in [0, 0.1) is 13.8 Å². The van der Waals surface area contributed by atoms with E-state index in [-0.39, 0.29) is 17.5 Å². The lowest BCUT2D eigenvalue weighted by atomic mass is 9.91. The number of hydrogen-bond donors (Lipinski definition) is 2. The Labute approximate surface area is 134 Å². The summed E-state index contributed by atoms with van der Waals surface area (Å²) >= 11 is 0. The molecule has 0 aromatic carbocycles. The smallest absolute Gasteiger partial charge is 0.251 e. The molecule has 6 heteroatoms. The first-order chi connectivity index (χ1) is 11.0. The number of nitrogens with zero attached hydrogens (tertiary/aromatic N) is 2. The lowest BCUT2D eigenvalue weighted by molar-refractivity contribution is 0.0921. The van der Waals surface area contributed by atoms with Crippen molar-refractivity contribution in [3.05, 3.63) is 51.7 Å². The van der Waals surface area contributed by atoms with E-state index in [0.29, 0.717) is 17.3 Å². The third-order valence-corrected chi connectivity index (χ3v) is 4.38. The first kappa shape index (κ1) is 15.5. The molecule has 0 aliphatic heterocycles. The highest BCUT2D eigenvalue weighted by Crippen LogP contribution is 2.28. The summed E-state index contributed by atoms with van der Waals surface area (Å²) in [5, 5.41) is 7.43. The lowest BCUT2D eigenvalue weighted by Gasteiger charge is -2.29. The highest BCUT2D eigenvalue weighted by atomic mass is 16.2. The molecular formula is C17H22N4O2. The second-order valence-electron chi connectivity index (χ2n) is 6.39. The van der Waals surface area contributed by atoms with E-state index >= 15 is 0 Å². The Hall–Kier alpha value is -2.37. The van der Waals surface area contributed by atoms with Crippen molar-refractivity contribution in [1.29, 1.82) is 0 Å². The average molecular weight is 314 g/mol. The third kappa shape index (κ3) is 3.70. The number of aromatic amines is 1. The number of pyridine rings is 1. The largest absolute Gasteiger partial charge is 0.349 e. The molecule has 1 aliphatic rings. The van der Waals surface area contributed by atoms with Crippen molar-refractivity contribution >= 4 is 5.91 Å². The van der Waals surface area contributed by atoms with Gasteiger partial charge in [0, 0.05) is 29.6 Å². The maximum atomic E-state index is 12.3. The number of aryl methyl sites for hydroxylation is 2. The van der Waals surface area contributed by atoms with Crippen molar-refractivity contribution in [3.8, 4) is 0 Å². The molecule has 0 spiro atoms. The van der Waals surface area contributed by atoms with Crippen LogP contribution in [0.4, 0.5) is 0 Å². The van der Waals surface area contributed by atoms with Crippen LogP contribution in [0.5, 0.6) is 0 Å². The summed E-state index contributed by atoms with van der Waals surface area (Å²) in [5.41, 5.74) is 2.05. The zero-order valence-electron chi connectivity index (χ0n) is 13.5. The molecule has 3 rings (SSSR count). The van der Waals surface area contributed by atoms with E-state index in [1.165, 1.54) is 11.6 Å². The first-order valence-corrected chi connectivity index (χ1v) is 8.04. The Balaban J connectivity index is 1.58. The normalized spacial score (nSPS) is 21.1. The number of nitrogens with one attached hydrogen (secondary N) is 2. The number of amides is 1. The van der Waals surface area contributed by atoms with Crippen LogP contribution in [0.1, 0.15) is 53.3 Å². The molecule has 122 valence electrons. The summed E-state index contributed by atoms with van der Waals surface area (Å²) in [6, 6.07) is 3.63. The van der Waals surface area contributed by atoms with Gasteiger partial charge < -0.3 is 10.3 Å². The molecule has 0 saturated heterocycles. The van der Waals surface area contributed by atoms with Gasteiger partial charge in [0.15, 0.2) is 0 Å². The van der Waals surface area contributed by atoms with Crippen molar-refractivity contribution in [2.24, 2.45) is 0 Å². The van der Waals surface area contributed by atoms with E-state index in [0.717, 1.165) is 25.7 Å². The Bertz CT molecular complexity index is 754. The summed E-state index contributed by atoms with van der Waals surface area (Å²) in [6.07, 6.45) is 7.81. The van der Waals surface area contributed by atoms with E-state index in [2.05, 4.69) is 21.6 Å². The van der Waals surface area contributed by atoms with Gasteiger partial charge in [-0.05, 0) is 51.2 Å². The number of H-pyrrole nitrogens is 1. The molecule has 1 aliphatic carbocycles. The molecule has 0 bridgehead atoms. The average Bonchev–Trinajstić information content (AvgIpc) is 2.93. The Morgan fingerprint density at radius 2 is 2.00 bits per heavy atom. The van der Waals surface area contributed by atoms with E-state index < -0.39 is 0 Å². The van der Waals surface area contributed by atoms with Crippen LogP contribution in [0.15, 0.2) is 29.3 Å². The summed E-state index contributed by atoms with van der Waals surface area (Å²) in [7, 11) is 0. The van der Waals surface area contributed by atoms with Crippen LogP contribution < -0.4 is 10.9 Å². The Morgan fingerprint density at radius 3 is 2.61 bits per heavy atom. The molecule has 1 fully saturated rings. The van der Waals surface area contributed by atoms with Gasteiger partial charge in [0.1, 0.15) is 0 Å². The topological polar surface area (TPSA) is 79.8 Å². The van der Waals surface area contributed by atoms with Gasteiger partial charge in [0.2, 0.25) is 5.56 Å². The van der Waals surface area contributed by atoms with Gasteiger partial charge in [-0.1, -0.05) is 0 Å². The minimum atomic E-state index is -0.243. The van der Waals surface area contributed by atoms with Crippen LogP contribution >= 0.6 is 0 Å². The minimum absolute atomic E-state index is 0.162. The van der Waals surface area contributed by atoms with E-state index in [4.69, 9.17) is 0 Å². The van der Waals surface area contributed by atoms with E-state index in [9.17, 15) is 9.59 Å². The maximum absolute atomic E-state index is 12.3. The summed E-state index contributed by atoms with van der Waals surface area (Å²) in [4.78, 5) is 26.4. The number of hydrogen-bond acceptors (Lipinski definition) is 3. The predicted molar refractivity (Wildman–Crippen MR) is 87.5 cm³/mol. The summed E-state index contributed by atoms with van der Waals surface area (Å²) in [5.74, 6) is -0.169. The van der Waals surface area contributed by atoms with Crippen molar-refractivity contribution in [3.63, 3.8) is 0 Å². The molecule has 23 heavy (non-hydrogen) atoms. The fourth-order valence-electron chi connectivity index (χ4n) is 3.20. The molecule has 0 atom stereocenters. The van der Waals surface area contributed by atoms with Crippen LogP contribution in [0.25, 0.3) is 0 Å². The standard InChI is InChI=1S/C17H22N4O2/c1-11-9-18-21(10-11)15-5-3-14(4-6-15)20-17(23)13-7-12(2)19-16(22)8-13/h7-10,14-15H,3-6H2,1-2H3,(H,19,22)(H,20,23). The molecule has 0 unspecified atom stereocenters. The van der Waals surface area contributed by atoms with Crippen molar-refractivity contribution in [1.82, 2.24) is 20.1 Å². The van der Waals surface area contributed by atoms with Crippen LogP contribution in [-0.2, 0) is 0 Å². The fraction of sp³-hybridized carbons (Fsp3) is 0.471. The van der Waals surface area contributed by atoms with Crippen molar-refractivity contribution < 1.29 is 4.79 Å². The minimum Gasteiger partial charge on any atom is -0.349 e. The predicted octanol–water partition coefficient (Wildman–Crippen LogP) is 2.10. The summed E-state index contributed by atoms with van der Waals surface area (Å²) < 4.78 is 2.04. The molecule has 0 radical (unpaired) electrons. The fourth-order valence-corrected chi connectivity index (χ4v) is 3.20. The van der Waals surface area contributed by atoms with Gasteiger partial charge in [-0.3, -0.25) is 14.3 Å². The van der Waals surface area contributed by atoms with Gasteiger partial charge in [-0.25, -0.2) is 0 Å². The number of aromatic nitrogens is 3. The number of rotatable bonds is 3. The molecule has 2 heterocycles. The summed E-state index contributed by atoms with van der Waals surface area (Å²) in [6.45, 7) is 3.81. The van der Waals surface area contributed by atoms with Gasteiger partial charge in [0.25, 0.3) is 5.91 Å². The van der Waals surface area contributed by atoms with Gasteiger partial charge in [-0.15, -0.1) is 0 Å². The van der Waals surface area contributed by atoms with Gasteiger partial charge >= 0.3 is 0 Å². The third-order valence-electron chi connectivity index (χ3n) is 4.38. The Kier molecular flexibility index (Phi) is 4.32. The van der Waals surface area contributed by atoms with Gasteiger partial charge in [-0.2, -0.15) is 5.10 Å². The lowest BCUT2D eigenvalue weighted by Crippen LogP contribution is -2.38. The SMILES string of the molecule is Cc1cnn(C2CCC(NC(=O)c3cc(C)[nH]c(=O)c3)CC2)c1. The number of carbonyl (C=O) groups is 1. The molecule has 2 N–H and O–H groups in total. The second kappa shape index (κ2) is 6.40. The molecule has 2 aromatic heterocycles. The molecule has 6 nitrogen and oxygen atoms in total. The Morgan fingerprint density at radius 1 is 1.26 bits per heavy atom. The monoisotopic (exact) mass is 314 g/mol. The molecule has 2 aromatic rings. The highest BCUT2D eigenvalue weighted by Gasteiger charge is 2.24. The number of carbonyl (C=O) groups excluding carboxylic acids is 1. The first-order valence-electron chi connectivity index (χ1n) is 8.04. The van der Waals surface area contributed by atoms with Gasteiger partial charge in [0.05, 0.1) is 12.2 Å². The van der Waals surface area contributed by atoms with Crippen LogP contribution in [0.2, 0.25) is 0 Å². The molecule has 1 amide bonds. The van der Waals surface area contributed by atoms with Crippen molar-refractivity contribution in [2.45, 2.75) is 51.6 Å². The van der Waals surface area contributed by atoms with E-state index in [1.807, 2.05) is 17.8 Å². The van der Waals surface area contributed by atoms with Crippen LogP contribution in [0.3, 0.4) is 0 Å². The zero-order valence-corrected chi connectivity index (χ0v) is 13.5. The zero-order chi connectivity index (χ0) is 16.4. The van der Waals surface area contributed by atoms with Crippen molar-refractivity contribution in [2.75, 3.05) is 0 Å². The maximum Gasteiger partial charge on any atom is 0.251 e. The van der Waals surface area contributed by atoms with E-state index in [1.54, 1.807) is 13.0 Å². The molecular weight excluding hydrogens is 292 g/mol.